The first-order valence-electron chi connectivity index (χ1n) is 12.5. The zero-order valence-corrected chi connectivity index (χ0v) is 23.8. The molecule has 4 rings (SSSR count). The highest BCUT2D eigenvalue weighted by Crippen LogP contribution is 2.33. The minimum Gasteiger partial charge on any atom is -0.462 e. The van der Waals surface area contributed by atoms with Crippen LogP contribution in [-0.4, -0.2) is 46.2 Å². The minimum absolute atomic E-state index is 0.0293. The third-order valence-corrected chi connectivity index (χ3v) is 7.85. The molecular weight excluding hydrogens is 555 g/mol. The molecule has 1 aromatic heterocycles. The van der Waals surface area contributed by atoms with Crippen LogP contribution in [0.25, 0.3) is 11.1 Å². The van der Waals surface area contributed by atoms with Gasteiger partial charge in [0.15, 0.2) is 16.7 Å². The number of carbonyl (C=O) groups is 1. The van der Waals surface area contributed by atoms with Crippen molar-refractivity contribution in [3.8, 4) is 22.6 Å². The van der Waals surface area contributed by atoms with Gasteiger partial charge in [-0.2, -0.15) is 0 Å². The fourth-order valence-corrected chi connectivity index (χ4v) is 5.33. The number of piperidine rings is 1. The van der Waals surface area contributed by atoms with E-state index in [4.69, 9.17) is 32.7 Å². The van der Waals surface area contributed by atoms with Crippen LogP contribution in [-0.2, 0) is 11.3 Å². The number of thioether (sulfide) groups is 1. The molecule has 204 valence electrons. The second-order valence-corrected chi connectivity index (χ2v) is 10.8. The van der Waals surface area contributed by atoms with Crippen LogP contribution in [0.15, 0.2) is 79.6 Å². The average molecular weight is 586 g/mol. The lowest BCUT2D eigenvalue weighted by Crippen LogP contribution is -2.40. The van der Waals surface area contributed by atoms with Crippen LogP contribution in [0.4, 0.5) is 0 Å². The maximum Gasteiger partial charge on any atom is 0.230 e. The summed E-state index contributed by atoms with van der Waals surface area (Å²) in [6.07, 6.45) is 8.30. The summed E-state index contributed by atoms with van der Waals surface area (Å²) in [5.74, 6) is 1.67. The lowest BCUT2D eigenvalue weighted by atomic mass is 9.97. The summed E-state index contributed by atoms with van der Waals surface area (Å²) >= 11 is 13.5. The van der Waals surface area contributed by atoms with Crippen LogP contribution in [0.5, 0.6) is 11.5 Å². The Morgan fingerprint density at radius 3 is 2.56 bits per heavy atom. The summed E-state index contributed by atoms with van der Waals surface area (Å²) in [6.45, 7) is 10.6. The van der Waals surface area contributed by atoms with Crippen LogP contribution >= 0.6 is 35.0 Å². The van der Waals surface area contributed by atoms with Crippen molar-refractivity contribution in [2.45, 2.75) is 24.5 Å². The van der Waals surface area contributed by atoms with Crippen molar-refractivity contribution >= 4 is 40.9 Å². The highest BCUT2D eigenvalue weighted by Gasteiger charge is 2.21. The van der Waals surface area contributed by atoms with E-state index in [1.807, 2.05) is 30.3 Å². The molecule has 10 heteroatoms. The molecule has 1 atom stereocenters. The number of nitrogens with one attached hydrogen (secondary N) is 1. The van der Waals surface area contributed by atoms with E-state index < -0.39 is 0 Å². The fraction of sp³-hybridized carbons (Fsp3) is 0.276. The summed E-state index contributed by atoms with van der Waals surface area (Å²) in [7, 11) is 0. The van der Waals surface area contributed by atoms with Crippen molar-refractivity contribution in [2.24, 2.45) is 5.92 Å². The van der Waals surface area contributed by atoms with E-state index >= 15 is 0 Å². The second-order valence-electron chi connectivity index (χ2n) is 9.07. The van der Waals surface area contributed by atoms with Gasteiger partial charge in [0, 0.05) is 37.6 Å². The Morgan fingerprint density at radius 2 is 1.82 bits per heavy atom. The van der Waals surface area contributed by atoms with Gasteiger partial charge >= 0.3 is 0 Å². The number of benzene rings is 2. The number of nitrogens with zero attached hydrogens (tertiary/aromatic N) is 3. The Labute approximate surface area is 243 Å². The monoisotopic (exact) mass is 584 g/mol. The molecule has 0 saturated carbocycles. The first-order valence-corrected chi connectivity index (χ1v) is 14.3. The third kappa shape index (κ3) is 8.47. The Morgan fingerprint density at radius 1 is 1.05 bits per heavy atom. The molecule has 0 radical (unpaired) electrons. The van der Waals surface area contributed by atoms with Crippen molar-refractivity contribution in [1.82, 2.24) is 20.2 Å². The van der Waals surface area contributed by atoms with Gasteiger partial charge in [-0.15, -0.1) is 0 Å². The molecule has 1 amide bonds. The molecule has 1 unspecified atom stereocenters. The fourth-order valence-electron chi connectivity index (χ4n) is 4.39. The quantitative estimate of drug-likeness (QED) is 0.146. The largest absolute Gasteiger partial charge is 0.462 e. The zero-order chi connectivity index (χ0) is 27.6. The normalized spacial score (nSPS) is 15.4. The van der Waals surface area contributed by atoms with Crippen LogP contribution in [0.1, 0.15) is 18.4 Å². The molecule has 1 saturated heterocycles. The van der Waals surface area contributed by atoms with Crippen molar-refractivity contribution in [3.05, 3.63) is 90.1 Å². The molecule has 3 aromatic rings. The average Bonchev–Trinajstić information content (AvgIpc) is 2.94. The van der Waals surface area contributed by atoms with Gasteiger partial charge in [0.25, 0.3) is 0 Å². The van der Waals surface area contributed by atoms with E-state index in [0.29, 0.717) is 39.2 Å². The topological polar surface area (TPSA) is 76.6 Å². The number of halogens is 2. The van der Waals surface area contributed by atoms with Gasteiger partial charge in [-0.3, -0.25) is 9.69 Å². The molecular formula is C29H30Cl2N4O3S. The number of hydrogen-bond donors (Lipinski definition) is 1. The van der Waals surface area contributed by atoms with Crippen molar-refractivity contribution in [3.63, 3.8) is 0 Å². The van der Waals surface area contributed by atoms with E-state index in [-0.39, 0.29) is 11.7 Å². The molecule has 1 aliphatic heterocycles. The van der Waals surface area contributed by atoms with Gasteiger partial charge in [0.05, 0.1) is 28.3 Å². The van der Waals surface area contributed by atoms with E-state index in [1.165, 1.54) is 24.3 Å². The highest BCUT2D eigenvalue weighted by atomic mass is 35.5. The summed E-state index contributed by atoms with van der Waals surface area (Å²) in [5, 5.41) is 4.75. The molecule has 0 bridgehead atoms. The van der Waals surface area contributed by atoms with Crippen LogP contribution < -0.4 is 14.8 Å². The molecule has 2 aromatic carbocycles. The summed E-state index contributed by atoms with van der Waals surface area (Å²) < 4.78 is 10.8. The molecule has 1 fully saturated rings. The lowest BCUT2D eigenvalue weighted by molar-refractivity contribution is -0.118. The SMILES string of the molecule is C=COc1ccc(-c2cnc(SCC(=O)NCC3CCCN(Cc4ccc(Cl)c(Cl)c4)C3)nc2)cc1OC=C. The smallest absolute Gasteiger partial charge is 0.230 e. The number of ether oxygens (including phenoxy) is 2. The van der Waals surface area contributed by atoms with Gasteiger partial charge in [-0.05, 0) is 60.7 Å². The Bertz CT molecular complexity index is 1310. The van der Waals surface area contributed by atoms with Crippen molar-refractivity contribution in [1.29, 1.82) is 0 Å². The number of likely N-dealkylation sites (tertiary alicyclic amines) is 1. The van der Waals surface area contributed by atoms with Crippen molar-refractivity contribution < 1.29 is 14.3 Å². The number of hydrogen-bond acceptors (Lipinski definition) is 7. The number of aromatic nitrogens is 2. The minimum atomic E-state index is -0.0293. The molecule has 0 spiro atoms. The van der Waals surface area contributed by atoms with Crippen LogP contribution in [0, 0.1) is 5.92 Å². The molecule has 7 nitrogen and oxygen atoms in total. The molecule has 39 heavy (non-hydrogen) atoms. The van der Waals surface area contributed by atoms with Crippen LogP contribution in [0.2, 0.25) is 10.0 Å². The van der Waals surface area contributed by atoms with E-state index in [9.17, 15) is 4.79 Å². The zero-order valence-electron chi connectivity index (χ0n) is 21.4. The third-order valence-electron chi connectivity index (χ3n) is 6.24. The summed E-state index contributed by atoms with van der Waals surface area (Å²) in [4.78, 5) is 23.7. The lowest BCUT2D eigenvalue weighted by Gasteiger charge is -2.33. The number of carbonyl (C=O) groups excluding carboxylic acids is 1. The number of amides is 1. The Balaban J connectivity index is 1.23. The summed E-state index contributed by atoms with van der Waals surface area (Å²) in [6, 6.07) is 11.2. The summed E-state index contributed by atoms with van der Waals surface area (Å²) in [5.41, 5.74) is 2.81. The first kappa shape index (κ1) is 29.0. The first-order chi connectivity index (χ1) is 18.9. The number of rotatable bonds is 12. The highest BCUT2D eigenvalue weighted by molar-refractivity contribution is 7.99. The molecule has 1 aliphatic rings. The van der Waals surface area contributed by atoms with E-state index in [2.05, 4.69) is 33.3 Å². The molecule has 1 N–H and O–H groups in total. The van der Waals surface area contributed by atoms with Crippen LogP contribution in [0.3, 0.4) is 0 Å². The maximum atomic E-state index is 12.5. The standard InChI is InChI=1S/C29H30Cl2N4O3S/c1-3-37-26-10-8-22(13-27(26)38-4-2)23-15-33-29(34-16-23)39-19-28(36)32-14-21-6-5-11-35(18-21)17-20-7-9-24(30)25(31)12-20/h3-4,7-10,12-13,15-16,21H,1-2,5-6,11,14,17-19H2,(H,32,36). The Hall–Kier alpha value is -3.04. The predicted octanol–water partition coefficient (Wildman–Crippen LogP) is 6.62. The van der Waals surface area contributed by atoms with E-state index in [1.54, 1.807) is 18.5 Å². The second kappa shape index (κ2) is 14.4. The van der Waals surface area contributed by atoms with Gasteiger partial charge < -0.3 is 14.8 Å². The van der Waals surface area contributed by atoms with Gasteiger partial charge in [0.2, 0.25) is 5.91 Å². The predicted molar refractivity (Wildman–Crippen MR) is 157 cm³/mol. The van der Waals surface area contributed by atoms with Gasteiger partial charge in [-0.1, -0.05) is 60.3 Å². The van der Waals surface area contributed by atoms with Gasteiger partial charge in [0.1, 0.15) is 0 Å². The van der Waals surface area contributed by atoms with Gasteiger partial charge in [-0.25, -0.2) is 9.97 Å². The van der Waals surface area contributed by atoms with E-state index in [0.717, 1.165) is 49.2 Å². The maximum absolute atomic E-state index is 12.5. The molecule has 0 aliphatic carbocycles. The molecule has 2 heterocycles. The van der Waals surface area contributed by atoms with Crippen molar-refractivity contribution in [2.75, 3.05) is 25.4 Å². The Kier molecular flexibility index (Phi) is 10.7.